The number of hydrogen-bond donors (Lipinski definition) is 0. The van der Waals surface area contributed by atoms with Crippen molar-refractivity contribution in [1.29, 1.82) is 10.5 Å². The molecule has 0 fully saturated rings. The van der Waals surface area contributed by atoms with Crippen molar-refractivity contribution in [3.05, 3.63) is 101 Å². The first kappa shape index (κ1) is 19.3. The molecule has 28 heavy (non-hydrogen) atoms. The summed E-state index contributed by atoms with van der Waals surface area (Å²) in [6, 6.07) is 23.7. The van der Waals surface area contributed by atoms with Crippen LogP contribution in [-0.4, -0.2) is 8.42 Å². The largest absolute Gasteiger partial charge is 0.298 e. The highest BCUT2D eigenvalue weighted by atomic mass is 32.2. The van der Waals surface area contributed by atoms with Crippen LogP contribution in [0.3, 0.4) is 0 Å². The van der Waals surface area contributed by atoms with E-state index >= 15 is 0 Å². The first-order chi connectivity index (χ1) is 13.4. The van der Waals surface area contributed by atoms with Gasteiger partial charge in [0.05, 0.1) is 28.2 Å². The van der Waals surface area contributed by atoms with E-state index in [0.29, 0.717) is 27.8 Å². The van der Waals surface area contributed by atoms with Gasteiger partial charge in [-0.05, 0) is 53.9 Å². The molecular formula is C22H16N2O3S. The zero-order chi connectivity index (χ0) is 20.1. The molecule has 0 bridgehead atoms. The molecule has 138 valence electrons. The highest BCUT2D eigenvalue weighted by molar-refractivity contribution is 7.86. The fraction of sp³-hybridized carbons (Fsp3) is 0.0909. The Labute approximate surface area is 164 Å². The summed E-state index contributed by atoms with van der Waals surface area (Å²) in [6.45, 7) is 1.70. The van der Waals surface area contributed by atoms with Crippen LogP contribution in [0, 0.1) is 29.6 Å². The van der Waals surface area contributed by atoms with E-state index in [-0.39, 0.29) is 4.90 Å². The van der Waals surface area contributed by atoms with E-state index < -0.39 is 16.2 Å². The van der Waals surface area contributed by atoms with Crippen molar-refractivity contribution in [2.24, 2.45) is 0 Å². The van der Waals surface area contributed by atoms with E-state index in [0.717, 1.165) is 0 Å². The lowest BCUT2D eigenvalue weighted by atomic mass is 10.00. The third-order valence-corrected chi connectivity index (χ3v) is 5.71. The van der Waals surface area contributed by atoms with Crippen molar-refractivity contribution < 1.29 is 12.6 Å². The van der Waals surface area contributed by atoms with Gasteiger partial charge in [0.25, 0.3) is 10.1 Å². The fourth-order valence-electron chi connectivity index (χ4n) is 2.78. The second-order valence-corrected chi connectivity index (χ2v) is 7.70. The third-order valence-electron chi connectivity index (χ3n) is 4.27. The Bertz CT molecular complexity index is 1110. The summed E-state index contributed by atoms with van der Waals surface area (Å²) in [7, 11) is -4.05. The van der Waals surface area contributed by atoms with Gasteiger partial charge in [0, 0.05) is 0 Å². The predicted molar refractivity (Wildman–Crippen MR) is 104 cm³/mol. The van der Waals surface area contributed by atoms with Gasteiger partial charge < -0.3 is 0 Å². The zero-order valence-corrected chi connectivity index (χ0v) is 15.8. The summed E-state index contributed by atoms with van der Waals surface area (Å²) in [5.41, 5.74) is 2.68. The molecule has 3 rings (SSSR count). The van der Waals surface area contributed by atoms with Gasteiger partial charge in [-0.25, -0.2) is 0 Å². The fourth-order valence-corrected chi connectivity index (χ4v) is 4.07. The van der Waals surface area contributed by atoms with E-state index in [9.17, 15) is 8.42 Å². The zero-order valence-electron chi connectivity index (χ0n) is 15.0. The van der Waals surface area contributed by atoms with Gasteiger partial charge in [-0.3, -0.25) is 4.18 Å². The van der Waals surface area contributed by atoms with Crippen LogP contribution < -0.4 is 0 Å². The number of hydrogen-bond acceptors (Lipinski definition) is 5. The monoisotopic (exact) mass is 388 g/mol. The quantitative estimate of drug-likeness (QED) is 0.610. The molecule has 3 aromatic carbocycles. The van der Waals surface area contributed by atoms with Gasteiger partial charge >= 0.3 is 0 Å². The van der Waals surface area contributed by atoms with Gasteiger partial charge in [0.15, 0.2) is 0 Å². The molecule has 0 saturated carbocycles. The molecule has 0 aliphatic heterocycles. The van der Waals surface area contributed by atoms with Crippen molar-refractivity contribution in [1.82, 2.24) is 0 Å². The second kappa shape index (κ2) is 8.06. The summed E-state index contributed by atoms with van der Waals surface area (Å²) in [5.74, 6) is 0. The van der Waals surface area contributed by atoms with Crippen molar-refractivity contribution in [2.45, 2.75) is 17.9 Å². The van der Waals surface area contributed by atoms with Crippen LogP contribution in [-0.2, 0) is 14.3 Å². The van der Waals surface area contributed by atoms with Crippen molar-refractivity contribution in [3.8, 4) is 12.1 Å². The Hall–Kier alpha value is -3.45. The molecule has 0 spiro atoms. The molecule has 0 atom stereocenters. The highest BCUT2D eigenvalue weighted by Crippen LogP contribution is 2.31. The van der Waals surface area contributed by atoms with Crippen molar-refractivity contribution >= 4 is 10.1 Å². The maximum atomic E-state index is 12.9. The minimum atomic E-state index is -4.05. The molecule has 5 nitrogen and oxygen atoms in total. The van der Waals surface area contributed by atoms with E-state index in [1.807, 2.05) is 12.1 Å². The maximum absolute atomic E-state index is 12.9. The topological polar surface area (TPSA) is 90.9 Å². The average molecular weight is 388 g/mol. The average Bonchev–Trinajstić information content (AvgIpc) is 2.72. The van der Waals surface area contributed by atoms with Crippen LogP contribution in [0.25, 0.3) is 0 Å². The van der Waals surface area contributed by atoms with E-state index in [1.54, 1.807) is 73.7 Å². The van der Waals surface area contributed by atoms with Crippen LogP contribution in [0.2, 0.25) is 0 Å². The molecule has 3 aromatic rings. The highest BCUT2D eigenvalue weighted by Gasteiger charge is 2.26. The van der Waals surface area contributed by atoms with Crippen LogP contribution in [0.15, 0.2) is 77.7 Å². The van der Waals surface area contributed by atoms with Gasteiger partial charge in [-0.15, -0.1) is 0 Å². The summed E-state index contributed by atoms with van der Waals surface area (Å²) in [4.78, 5) is 0.0993. The number of benzene rings is 3. The van der Waals surface area contributed by atoms with Crippen molar-refractivity contribution in [3.63, 3.8) is 0 Å². The molecule has 0 heterocycles. The second-order valence-electron chi connectivity index (χ2n) is 6.16. The molecule has 0 saturated heterocycles. The van der Waals surface area contributed by atoms with Gasteiger partial charge in [-0.1, -0.05) is 42.5 Å². The third kappa shape index (κ3) is 4.10. The van der Waals surface area contributed by atoms with Crippen LogP contribution >= 0.6 is 0 Å². The predicted octanol–water partition coefficient (Wildman–Crippen LogP) is 4.23. The Morgan fingerprint density at radius 2 is 1.25 bits per heavy atom. The lowest BCUT2D eigenvalue weighted by Crippen LogP contribution is -2.14. The van der Waals surface area contributed by atoms with Crippen LogP contribution in [0.5, 0.6) is 0 Å². The van der Waals surface area contributed by atoms with Gasteiger partial charge in [-0.2, -0.15) is 18.9 Å². The molecular weight excluding hydrogens is 372 g/mol. The van der Waals surface area contributed by atoms with E-state index in [1.165, 1.54) is 6.07 Å². The van der Waals surface area contributed by atoms with Gasteiger partial charge in [0.2, 0.25) is 0 Å². The lowest BCUT2D eigenvalue weighted by Gasteiger charge is -2.19. The maximum Gasteiger partial charge on any atom is 0.298 e. The number of rotatable bonds is 5. The smallest absolute Gasteiger partial charge is 0.253 e. The summed E-state index contributed by atoms with van der Waals surface area (Å²) in [6.07, 6.45) is -0.912. The number of aryl methyl sites for hydroxylation is 1. The number of nitriles is 2. The molecule has 0 radical (unpaired) electrons. The number of nitrogens with zero attached hydrogens (tertiary/aromatic N) is 2. The van der Waals surface area contributed by atoms with Gasteiger partial charge in [0.1, 0.15) is 6.10 Å². The molecule has 0 aliphatic carbocycles. The van der Waals surface area contributed by atoms with Crippen LogP contribution in [0.4, 0.5) is 0 Å². The Morgan fingerprint density at radius 3 is 1.68 bits per heavy atom. The molecule has 6 heteroatoms. The molecule has 0 unspecified atom stereocenters. The SMILES string of the molecule is Cc1ccccc1S(=O)(=O)OC(c1ccc(C#N)cc1)c1ccc(C#N)cc1. The lowest BCUT2D eigenvalue weighted by molar-refractivity contribution is 0.253. The Kier molecular flexibility index (Phi) is 5.56. The first-order valence-electron chi connectivity index (χ1n) is 8.43. The minimum absolute atomic E-state index is 0.0993. The summed E-state index contributed by atoms with van der Waals surface area (Å²) in [5, 5.41) is 18.0. The van der Waals surface area contributed by atoms with E-state index in [2.05, 4.69) is 0 Å². The normalized spacial score (nSPS) is 11.0. The molecule has 0 amide bonds. The molecule has 0 N–H and O–H groups in total. The van der Waals surface area contributed by atoms with Crippen LogP contribution in [0.1, 0.15) is 33.9 Å². The summed E-state index contributed by atoms with van der Waals surface area (Å²) >= 11 is 0. The Balaban J connectivity index is 2.06. The standard InChI is InChI=1S/C22H16N2O3S/c1-16-4-2-3-5-21(16)28(25,26)27-22(19-10-6-17(14-23)7-11-19)20-12-8-18(15-24)9-13-20/h2-13,22H,1H3. The minimum Gasteiger partial charge on any atom is -0.253 e. The first-order valence-corrected chi connectivity index (χ1v) is 9.84. The summed E-state index contributed by atoms with van der Waals surface area (Å²) < 4.78 is 31.5. The Morgan fingerprint density at radius 1 is 0.786 bits per heavy atom. The molecule has 0 aliphatic rings. The molecule has 0 aromatic heterocycles. The van der Waals surface area contributed by atoms with E-state index in [4.69, 9.17) is 14.7 Å². The van der Waals surface area contributed by atoms with Crippen molar-refractivity contribution in [2.75, 3.05) is 0 Å².